The Morgan fingerprint density at radius 2 is 2.17 bits per heavy atom. The lowest BCUT2D eigenvalue weighted by molar-refractivity contribution is 0.127. The molecule has 0 aromatic heterocycles. The van der Waals surface area contributed by atoms with Gasteiger partial charge in [-0.3, -0.25) is 0 Å². The Morgan fingerprint density at radius 1 is 1.50 bits per heavy atom. The van der Waals surface area contributed by atoms with Gasteiger partial charge in [-0.1, -0.05) is 6.07 Å². The highest BCUT2D eigenvalue weighted by atomic mass is 32.2. The van der Waals surface area contributed by atoms with E-state index in [4.69, 9.17) is 9.84 Å². The van der Waals surface area contributed by atoms with Crippen molar-refractivity contribution in [1.82, 2.24) is 5.32 Å². The predicted molar refractivity (Wildman–Crippen MR) is 70.4 cm³/mol. The van der Waals surface area contributed by atoms with Crippen molar-refractivity contribution >= 4 is 17.9 Å². The topological polar surface area (TPSA) is 78.8 Å². The molecule has 0 radical (unpaired) electrons. The van der Waals surface area contributed by atoms with Gasteiger partial charge >= 0.3 is 6.09 Å². The van der Waals surface area contributed by atoms with Crippen molar-refractivity contribution in [1.29, 1.82) is 0 Å². The number of aliphatic hydroxyl groups excluding tert-OH is 1. The largest absolute Gasteiger partial charge is 0.496 e. The van der Waals surface area contributed by atoms with Gasteiger partial charge in [0.2, 0.25) is 0 Å². The summed E-state index contributed by atoms with van der Waals surface area (Å²) in [6.45, 7) is 1.60. The Bertz CT molecular complexity index is 425. The van der Waals surface area contributed by atoms with E-state index in [1.165, 1.54) is 0 Å². The second-order valence-corrected chi connectivity index (χ2v) is 4.65. The number of ether oxygens (including phenoxy) is 1. The molecule has 100 valence electrons. The Balaban J connectivity index is 2.92. The molecular weight excluding hydrogens is 254 g/mol. The summed E-state index contributed by atoms with van der Waals surface area (Å²) in [5.41, 5.74) is 0.617. The first-order chi connectivity index (χ1) is 8.49. The molecule has 2 atom stereocenters. The van der Waals surface area contributed by atoms with Crippen molar-refractivity contribution in [2.75, 3.05) is 13.4 Å². The van der Waals surface area contributed by atoms with Crippen molar-refractivity contribution in [3.05, 3.63) is 23.8 Å². The van der Waals surface area contributed by atoms with Crippen LogP contribution in [0.2, 0.25) is 0 Å². The van der Waals surface area contributed by atoms with E-state index in [0.717, 1.165) is 4.90 Å². The van der Waals surface area contributed by atoms with E-state index in [1.807, 2.05) is 12.3 Å². The molecule has 1 aromatic rings. The standard InChI is InChI=1S/C12H17NO4S/c1-7(13-12(15)16)11(14)8-4-5-10(18-3)9(6-8)17-2/h4-7,11,13-14H,1-3H3,(H,15,16)/t7-,11?/m1/s1. The fourth-order valence-corrected chi connectivity index (χ4v) is 2.15. The lowest BCUT2D eigenvalue weighted by atomic mass is 10.0. The van der Waals surface area contributed by atoms with Crippen LogP contribution in [0.4, 0.5) is 4.79 Å². The first-order valence-electron chi connectivity index (χ1n) is 5.39. The Morgan fingerprint density at radius 3 is 2.67 bits per heavy atom. The van der Waals surface area contributed by atoms with Crippen molar-refractivity contribution in [3.63, 3.8) is 0 Å². The Labute approximate surface area is 110 Å². The van der Waals surface area contributed by atoms with E-state index in [-0.39, 0.29) is 0 Å². The van der Waals surface area contributed by atoms with Gasteiger partial charge in [0, 0.05) is 4.90 Å². The van der Waals surface area contributed by atoms with Gasteiger partial charge in [-0.05, 0) is 30.9 Å². The number of carbonyl (C=O) groups is 1. The molecule has 1 aromatic carbocycles. The fraction of sp³-hybridized carbons (Fsp3) is 0.417. The van der Waals surface area contributed by atoms with Crippen LogP contribution in [0, 0.1) is 0 Å². The summed E-state index contributed by atoms with van der Waals surface area (Å²) < 4.78 is 5.22. The molecule has 3 N–H and O–H groups in total. The fourth-order valence-electron chi connectivity index (χ4n) is 1.60. The molecule has 0 aliphatic carbocycles. The summed E-state index contributed by atoms with van der Waals surface area (Å²) in [6, 6.07) is 4.73. The summed E-state index contributed by atoms with van der Waals surface area (Å²) in [5.74, 6) is 0.668. The van der Waals surface area contributed by atoms with Gasteiger partial charge in [-0.15, -0.1) is 11.8 Å². The smallest absolute Gasteiger partial charge is 0.404 e. The van der Waals surface area contributed by atoms with Crippen LogP contribution >= 0.6 is 11.8 Å². The molecule has 0 saturated carbocycles. The van der Waals surface area contributed by atoms with Crippen LogP contribution in [0.1, 0.15) is 18.6 Å². The number of nitrogens with one attached hydrogen (secondary N) is 1. The number of rotatable bonds is 5. The number of thioether (sulfide) groups is 1. The van der Waals surface area contributed by atoms with Crippen molar-refractivity contribution in [2.45, 2.75) is 24.0 Å². The van der Waals surface area contributed by atoms with E-state index in [2.05, 4.69) is 5.32 Å². The molecule has 0 saturated heterocycles. The second kappa shape index (κ2) is 6.51. The maximum Gasteiger partial charge on any atom is 0.404 e. The van der Waals surface area contributed by atoms with Gasteiger partial charge in [-0.2, -0.15) is 0 Å². The van der Waals surface area contributed by atoms with Gasteiger partial charge in [0.25, 0.3) is 0 Å². The van der Waals surface area contributed by atoms with Crippen molar-refractivity contribution < 1.29 is 19.7 Å². The van der Waals surface area contributed by atoms with E-state index in [1.54, 1.807) is 37.9 Å². The minimum absolute atomic E-state index is 0.590. The van der Waals surface area contributed by atoms with Crippen LogP contribution in [-0.4, -0.2) is 35.7 Å². The quantitative estimate of drug-likeness (QED) is 0.715. The molecule has 5 nitrogen and oxygen atoms in total. The van der Waals surface area contributed by atoms with Crippen LogP contribution in [0.15, 0.2) is 23.1 Å². The third-order valence-corrected chi connectivity index (χ3v) is 3.35. The van der Waals surface area contributed by atoms with Crippen LogP contribution in [0.5, 0.6) is 5.75 Å². The van der Waals surface area contributed by atoms with Gasteiger partial charge in [0.05, 0.1) is 19.3 Å². The highest BCUT2D eigenvalue weighted by Gasteiger charge is 2.19. The highest BCUT2D eigenvalue weighted by Crippen LogP contribution is 2.31. The zero-order valence-corrected chi connectivity index (χ0v) is 11.3. The third-order valence-electron chi connectivity index (χ3n) is 2.57. The molecular formula is C12H17NO4S. The number of hydrogen-bond acceptors (Lipinski definition) is 4. The number of aliphatic hydroxyl groups is 1. The van der Waals surface area contributed by atoms with Crippen molar-refractivity contribution in [3.8, 4) is 5.75 Å². The molecule has 0 bridgehead atoms. The maximum atomic E-state index is 10.5. The molecule has 1 rings (SSSR count). The summed E-state index contributed by atoms with van der Waals surface area (Å²) in [5, 5.41) is 20.9. The average molecular weight is 271 g/mol. The Kier molecular flexibility index (Phi) is 5.30. The van der Waals surface area contributed by atoms with Gasteiger partial charge in [0.15, 0.2) is 0 Å². The summed E-state index contributed by atoms with van der Waals surface area (Å²) in [4.78, 5) is 11.5. The predicted octanol–water partition coefficient (Wildman–Crippen LogP) is 2.11. The van der Waals surface area contributed by atoms with Crippen molar-refractivity contribution in [2.24, 2.45) is 0 Å². The monoisotopic (exact) mass is 271 g/mol. The van der Waals surface area contributed by atoms with Crippen LogP contribution in [0.25, 0.3) is 0 Å². The zero-order valence-electron chi connectivity index (χ0n) is 10.5. The van der Waals surface area contributed by atoms with Gasteiger partial charge in [-0.25, -0.2) is 4.79 Å². The number of amides is 1. The van der Waals surface area contributed by atoms with Crippen LogP contribution in [-0.2, 0) is 0 Å². The molecule has 1 unspecified atom stereocenters. The molecule has 0 spiro atoms. The molecule has 0 heterocycles. The zero-order chi connectivity index (χ0) is 13.7. The molecule has 0 aliphatic rings. The maximum absolute atomic E-state index is 10.5. The van der Waals surface area contributed by atoms with E-state index in [0.29, 0.717) is 11.3 Å². The van der Waals surface area contributed by atoms with Crippen LogP contribution < -0.4 is 10.1 Å². The summed E-state index contributed by atoms with van der Waals surface area (Å²) in [7, 11) is 1.56. The first kappa shape index (κ1) is 14.7. The first-order valence-corrected chi connectivity index (χ1v) is 6.61. The lowest BCUT2D eigenvalue weighted by Crippen LogP contribution is -2.35. The number of methoxy groups -OCH3 is 1. The number of benzene rings is 1. The van der Waals surface area contributed by atoms with E-state index in [9.17, 15) is 9.90 Å². The van der Waals surface area contributed by atoms with Gasteiger partial charge < -0.3 is 20.3 Å². The van der Waals surface area contributed by atoms with Gasteiger partial charge in [0.1, 0.15) is 5.75 Å². The number of carboxylic acid groups (broad SMARTS) is 1. The normalized spacial score (nSPS) is 13.8. The second-order valence-electron chi connectivity index (χ2n) is 3.80. The molecule has 1 amide bonds. The lowest BCUT2D eigenvalue weighted by Gasteiger charge is -2.20. The molecule has 18 heavy (non-hydrogen) atoms. The third kappa shape index (κ3) is 3.54. The van der Waals surface area contributed by atoms with Crippen LogP contribution in [0.3, 0.4) is 0 Å². The average Bonchev–Trinajstić information content (AvgIpc) is 2.36. The highest BCUT2D eigenvalue weighted by molar-refractivity contribution is 7.98. The summed E-state index contributed by atoms with van der Waals surface area (Å²) >= 11 is 1.54. The molecule has 0 fully saturated rings. The molecule has 0 aliphatic heterocycles. The van der Waals surface area contributed by atoms with E-state index < -0.39 is 18.2 Å². The molecule has 6 heteroatoms. The Hall–Kier alpha value is -1.40. The van der Waals surface area contributed by atoms with E-state index >= 15 is 0 Å². The minimum atomic E-state index is -1.16. The number of hydrogen-bond donors (Lipinski definition) is 3. The SMILES string of the molecule is COc1cc(C(O)[C@@H](C)NC(=O)O)ccc1SC. The minimum Gasteiger partial charge on any atom is -0.496 e. The summed E-state index contributed by atoms with van der Waals surface area (Å²) in [6.07, 6.45) is -0.136.